The Kier molecular flexibility index (Phi) is 3.79. The molecule has 0 fully saturated rings. The molecule has 0 amide bonds. The molecule has 104 valence electrons. The van der Waals surface area contributed by atoms with Crippen molar-refractivity contribution in [2.24, 2.45) is 0 Å². The molecule has 0 aliphatic rings. The normalized spacial score (nSPS) is 11.9. The van der Waals surface area contributed by atoms with Gasteiger partial charge in [0.25, 0.3) is 0 Å². The van der Waals surface area contributed by atoms with E-state index in [1.807, 2.05) is 38.1 Å². The molecule has 0 radical (unpaired) electrons. The minimum Gasteiger partial charge on any atom is -0.378 e. The van der Waals surface area contributed by atoms with Crippen molar-refractivity contribution >= 4 is 17.3 Å². The fourth-order valence-electron chi connectivity index (χ4n) is 2.03. The highest BCUT2D eigenvalue weighted by atomic mass is 16.6. The summed E-state index contributed by atoms with van der Waals surface area (Å²) in [7, 11) is 0. The first-order chi connectivity index (χ1) is 9.50. The van der Waals surface area contributed by atoms with Gasteiger partial charge in [-0.05, 0) is 25.0 Å². The van der Waals surface area contributed by atoms with Crippen LogP contribution in [0.2, 0.25) is 0 Å². The Balaban J connectivity index is 2.33. The molecular formula is C13H15N5O2. The van der Waals surface area contributed by atoms with Gasteiger partial charge in [-0.3, -0.25) is 10.1 Å². The number of hydrogen-bond donors (Lipinski definition) is 2. The molecular weight excluding hydrogens is 258 g/mol. The van der Waals surface area contributed by atoms with Crippen molar-refractivity contribution in [2.45, 2.75) is 19.9 Å². The summed E-state index contributed by atoms with van der Waals surface area (Å²) < 4.78 is 0. The molecule has 0 bridgehead atoms. The third-order valence-corrected chi connectivity index (χ3v) is 3.04. The van der Waals surface area contributed by atoms with Gasteiger partial charge in [-0.1, -0.05) is 24.3 Å². The summed E-state index contributed by atoms with van der Waals surface area (Å²) in [6.07, 6.45) is 1.20. The second-order valence-electron chi connectivity index (χ2n) is 4.44. The standard InChI is InChI=1S/C13H15N5O2/c1-8-5-3-4-6-10(8)9(2)17-13-11(18(19)20)12(14)15-7-16-13/h3-7,9H,1-2H3,(H3,14,15,16,17). The first-order valence-electron chi connectivity index (χ1n) is 6.07. The van der Waals surface area contributed by atoms with Crippen LogP contribution in [-0.2, 0) is 0 Å². The molecule has 2 aromatic rings. The van der Waals surface area contributed by atoms with E-state index in [0.717, 1.165) is 11.1 Å². The lowest BCUT2D eigenvalue weighted by Gasteiger charge is -2.17. The number of hydrogen-bond acceptors (Lipinski definition) is 6. The number of rotatable bonds is 4. The van der Waals surface area contributed by atoms with E-state index in [0.29, 0.717) is 0 Å². The van der Waals surface area contributed by atoms with Crippen molar-refractivity contribution in [3.05, 3.63) is 51.8 Å². The monoisotopic (exact) mass is 273 g/mol. The van der Waals surface area contributed by atoms with Crippen molar-refractivity contribution in [1.82, 2.24) is 9.97 Å². The molecule has 0 saturated heterocycles. The van der Waals surface area contributed by atoms with Crippen molar-refractivity contribution < 1.29 is 4.92 Å². The van der Waals surface area contributed by atoms with E-state index in [-0.39, 0.29) is 23.4 Å². The van der Waals surface area contributed by atoms with E-state index in [2.05, 4.69) is 15.3 Å². The Bertz CT molecular complexity index is 644. The molecule has 7 heteroatoms. The van der Waals surface area contributed by atoms with Crippen LogP contribution < -0.4 is 11.1 Å². The maximum absolute atomic E-state index is 11.0. The fourth-order valence-corrected chi connectivity index (χ4v) is 2.03. The Hall–Kier alpha value is -2.70. The highest BCUT2D eigenvalue weighted by molar-refractivity contribution is 5.67. The zero-order valence-electron chi connectivity index (χ0n) is 11.2. The minimum absolute atomic E-state index is 0.123. The summed E-state index contributed by atoms with van der Waals surface area (Å²) in [5, 5.41) is 14.1. The third kappa shape index (κ3) is 2.66. The van der Waals surface area contributed by atoms with Crippen LogP contribution in [0.25, 0.3) is 0 Å². The molecule has 1 heterocycles. The van der Waals surface area contributed by atoms with Gasteiger partial charge < -0.3 is 11.1 Å². The SMILES string of the molecule is Cc1ccccc1C(C)Nc1ncnc(N)c1[N+](=O)[O-]. The Labute approximate surface area is 116 Å². The maximum Gasteiger partial charge on any atom is 0.353 e. The second kappa shape index (κ2) is 5.52. The lowest BCUT2D eigenvalue weighted by Crippen LogP contribution is -2.12. The molecule has 20 heavy (non-hydrogen) atoms. The molecule has 7 nitrogen and oxygen atoms in total. The average Bonchev–Trinajstić information content (AvgIpc) is 2.38. The first-order valence-corrected chi connectivity index (χ1v) is 6.07. The molecule has 1 atom stereocenters. The van der Waals surface area contributed by atoms with Crippen LogP contribution in [0.1, 0.15) is 24.1 Å². The molecule has 0 saturated carbocycles. The number of aromatic nitrogens is 2. The number of nitro groups is 1. The van der Waals surface area contributed by atoms with Crippen molar-refractivity contribution in [3.63, 3.8) is 0 Å². The van der Waals surface area contributed by atoms with E-state index in [4.69, 9.17) is 5.73 Å². The smallest absolute Gasteiger partial charge is 0.353 e. The molecule has 0 aliphatic heterocycles. The maximum atomic E-state index is 11.0. The van der Waals surface area contributed by atoms with Crippen LogP contribution in [0, 0.1) is 17.0 Å². The number of nitrogen functional groups attached to an aromatic ring is 1. The van der Waals surface area contributed by atoms with Crippen molar-refractivity contribution in [1.29, 1.82) is 0 Å². The highest BCUT2D eigenvalue weighted by Crippen LogP contribution is 2.30. The van der Waals surface area contributed by atoms with E-state index in [9.17, 15) is 10.1 Å². The molecule has 1 aromatic carbocycles. The Morgan fingerprint density at radius 1 is 1.35 bits per heavy atom. The van der Waals surface area contributed by atoms with Gasteiger partial charge in [0.1, 0.15) is 6.33 Å². The predicted molar refractivity (Wildman–Crippen MR) is 76.3 cm³/mol. The zero-order valence-corrected chi connectivity index (χ0v) is 11.2. The summed E-state index contributed by atoms with van der Waals surface area (Å²) >= 11 is 0. The van der Waals surface area contributed by atoms with Crippen LogP contribution >= 0.6 is 0 Å². The lowest BCUT2D eigenvalue weighted by molar-refractivity contribution is -0.383. The second-order valence-corrected chi connectivity index (χ2v) is 4.44. The van der Waals surface area contributed by atoms with Gasteiger partial charge in [0, 0.05) is 0 Å². The lowest BCUT2D eigenvalue weighted by atomic mass is 10.0. The summed E-state index contributed by atoms with van der Waals surface area (Å²) in [4.78, 5) is 18.0. The minimum atomic E-state index is -0.581. The Morgan fingerprint density at radius 3 is 2.70 bits per heavy atom. The van der Waals surface area contributed by atoms with E-state index >= 15 is 0 Å². The van der Waals surface area contributed by atoms with Gasteiger partial charge in [0.05, 0.1) is 11.0 Å². The van der Waals surface area contributed by atoms with E-state index < -0.39 is 4.92 Å². The summed E-state index contributed by atoms with van der Waals surface area (Å²) in [6.45, 7) is 3.89. The van der Waals surface area contributed by atoms with E-state index in [1.54, 1.807) is 0 Å². The van der Waals surface area contributed by atoms with Crippen molar-refractivity contribution in [2.75, 3.05) is 11.1 Å². The van der Waals surface area contributed by atoms with Gasteiger partial charge >= 0.3 is 5.69 Å². The number of nitrogens with zero attached hydrogens (tertiary/aromatic N) is 3. The molecule has 1 unspecified atom stereocenters. The van der Waals surface area contributed by atoms with Gasteiger partial charge in [-0.2, -0.15) is 0 Å². The predicted octanol–water partition coefficient (Wildman–Crippen LogP) is 2.45. The number of anilines is 2. The highest BCUT2D eigenvalue weighted by Gasteiger charge is 2.22. The van der Waals surface area contributed by atoms with Crippen LogP contribution in [0.15, 0.2) is 30.6 Å². The van der Waals surface area contributed by atoms with Crippen LogP contribution in [0.5, 0.6) is 0 Å². The molecule has 0 aliphatic carbocycles. The number of benzene rings is 1. The summed E-state index contributed by atoms with van der Waals surface area (Å²) in [5.41, 5.74) is 7.37. The molecule has 2 rings (SSSR count). The van der Waals surface area contributed by atoms with Crippen molar-refractivity contribution in [3.8, 4) is 0 Å². The van der Waals surface area contributed by atoms with Gasteiger partial charge in [-0.15, -0.1) is 0 Å². The third-order valence-electron chi connectivity index (χ3n) is 3.04. The summed E-state index contributed by atoms with van der Waals surface area (Å²) in [5.74, 6) is -0.0252. The number of aryl methyl sites for hydroxylation is 1. The Morgan fingerprint density at radius 2 is 2.05 bits per heavy atom. The molecule has 0 spiro atoms. The van der Waals surface area contributed by atoms with E-state index in [1.165, 1.54) is 6.33 Å². The van der Waals surface area contributed by atoms with Gasteiger partial charge in [0.15, 0.2) is 0 Å². The summed E-state index contributed by atoms with van der Waals surface area (Å²) in [6, 6.07) is 7.67. The fraction of sp³-hybridized carbons (Fsp3) is 0.231. The average molecular weight is 273 g/mol. The van der Waals surface area contributed by atoms with Gasteiger partial charge in [0.2, 0.25) is 11.6 Å². The van der Waals surface area contributed by atoms with Crippen LogP contribution in [0.4, 0.5) is 17.3 Å². The molecule has 1 aromatic heterocycles. The largest absolute Gasteiger partial charge is 0.378 e. The topological polar surface area (TPSA) is 107 Å². The quantitative estimate of drug-likeness (QED) is 0.654. The molecule has 3 N–H and O–H groups in total. The van der Waals surface area contributed by atoms with Crippen LogP contribution in [-0.4, -0.2) is 14.9 Å². The first kappa shape index (κ1) is 13.7. The van der Waals surface area contributed by atoms with Gasteiger partial charge in [-0.25, -0.2) is 9.97 Å². The van der Waals surface area contributed by atoms with Crippen LogP contribution in [0.3, 0.4) is 0 Å². The number of nitrogens with one attached hydrogen (secondary N) is 1. The zero-order chi connectivity index (χ0) is 14.7. The number of nitrogens with two attached hydrogens (primary N) is 1.